The summed E-state index contributed by atoms with van der Waals surface area (Å²) in [7, 11) is 0. The molecule has 7 atom stereocenters. The Balaban J connectivity index is 1.74. The van der Waals surface area contributed by atoms with Crippen LogP contribution in [0.2, 0.25) is 0 Å². The van der Waals surface area contributed by atoms with Crippen molar-refractivity contribution in [3.05, 3.63) is 11.6 Å². The standard InChI is InChI=1S/C34H56O4/c1-9-19-33-22-18-28(24(4)13-10-12-23(2)3)31(33,7)21-17-29-30(33)16-15-27-14-11-20-34(32(27,29)8,37-25(5)35)38-26(6)36/h16,23-24,27-29H,9-15,17-22H2,1-8H3/t24-,27-,28-,29+,31-,32+,33+/m1/s1. The molecule has 3 saturated carbocycles. The van der Waals surface area contributed by atoms with E-state index < -0.39 is 11.2 Å². The highest BCUT2D eigenvalue weighted by atomic mass is 16.7. The van der Waals surface area contributed by atoms with E-state index in [1.54, 1.807) is 5.57 Å². The SMILES string of the molecule is CCC[C@@]12CC[C@H]([C@H](C)CCCC(C)C)[C@@]1(C)CC[C@H]1C2=CC[C@H]2CCCC(OC(C)=O)(OC(C)=O)[C@@]21C. The molecule has 38 heavy (non-hydrogen) atoms. The van der Waals surface area contributed by atoms with Gasteiger partial charge >= 0.3 is 11.9 Å². The summed E-state index contributed by atoms with van der Waals surface area (Å²) in [5.74, 6) is 1.08. The van der Waals surface area contributed by atoms with Crippen molar-refractivity contribution in [1.29, 1.82) is 0 Å². The molecule has 0 spiro atoms. The molecule has 0 amide bonds. The van der Waals surface area contributed by atoms with Gasteiger partial charge in [0, 0.05) is 20.3 Å². The minimum Gasteiger partial charge on any atom is -0.422 e. The summed E-state index contributed by atoms with van der Waals surface area (Å²) in [4.78, 5) is 25.0. The fraction of sp³-hybridized carbons (Fsp3) is 0.882. The second-order valence-corrected chi connectivity index (χ2v) is 14.5. The number of fused-ring (bicyclic) bond motifs is 5. The molecule has 216 valence electrons. The van der Waals surface area contributed by atoms with Crippen molar-refractivity contribution in [2.24, 2.45) is 45.8 Å². The summed E-state index contributed by atoms with van der Waals surface area (Å²) in [6.07, 6.45) is 17.6. The molecule has 4 heteroatoms. The monoisotopic (exact) mass is 528 g/mol. The Kier molecular flexibility index (Phi) is 8.52. The average molecular weight is 529 g/mol. The van der Waals surface area contributed by atoms with Gasteiger partial charge in [-0.05, 0) is 91.8 Å². The highest BCUT2D eigenvalue weighted by Crippen LogP contribution is 2.75. The maximum atomic E-state index is 12.5. The van der Waals surface area contributed by atoms with E-state index in [-0.39, 0.29) is 23.3 Å². The molecule has 4 rings (SSSR count). The second-order valence-electron chi connectivity index (χ2n) is 14.5. The lowest BCUT2D eigenvalue weighted by Crippen LogP contribution is -2.65. The number of carbonyl (C=O) groups excluding carboxylic acids is 2. The van der Waals surface area contributed by atoms with E-state index in [1.807, 2.05) is 0 Å². The summed E-state index contributed by atoms with van der Waals surface area (Å²) in [5, 5.41) is 0. The van der Waals surface area contributed by atoms with Crippen molar-refractivity contribution in [1.82, 2.24) is 0 Å². The van der Waals surface area contributed by atoms with Gasteiger partial charge in [0.25, 0.3) is 5.79 Å². The predicted molar refractivity (Wildman–Crippen MR) is 153 cm³/mol. The molecule has 0 aromatic heterocycles. The van der Waals surface area contributed by atoms with Gasteiger partial charge < -0.3 is 9.47 Å². The van der Waals surface area contributed by atoms with Crippen LogP contribution in [0.1, 0.15) is 139 Å². The van der Waals surface area contributed by atoms with Gasteiger partial charge in [0.2, 0.25) is 0 Å². The van der Waals surface area contributed by atoms with E-state index >= 15 is 0 Å². The number of esters is 2. The molecule has 0 aliphatic heterocycles. The third kappa shape index (κ3) is 4.58. The predicted octanol–water partition coefficient (Wildman–Crippen LogP) is 9.02. The third-order valence-corrected chi connectivity index (χ3v) is 12.2. The molecule has 0 aromatic carbocycles. The van der Waals surface area contributed by atoms with Gasteiger partial charge in [-0.25, -0.2) is 0 Å². The zero-order valence-corrected chi connectivity index (χ0v) is 25.8. The lowest BCUT2D eigenvalue weighted by molar-refractivity contribution is -0.307. The first-order valence-electron chi connectivity index (χ1n) is 16.0. The lowest BCUT2D eigenvalue weighted by atomic mass is 9.41. The van der Waals surface area contributed by atoms with Crippen LogP contribution in [0.3, 0.4) is 0 Å². The van der Waals surface area contributed by atoms with Crippen molar-refractivity contribution < 1.29 is 19.1 Å². The fourth-order valence-corrected chi connectivity index (χ4v) is 10.5. The Morgan fingerprint density at radius 3 is 2.26 bits per heavy atom. The first-order valence-corrected chi connectivity index (χ1v) is 16.0. The Morgan fingerprint density at radius 2 is 1.66 bits per heavy atom. The van der Waals surface area contributed by atoms with E-state index in [0.717, 1.165) is 43.4 Å². The number of rotatable bonds is 9. The van der Waals surface area contributed by atoms with Crippen molar-refractivity contribution in [3.8, 4) is 0 Å². The molecule has 0 bridgehead atoms. The van der Waals surface area contributed by atoms with Crippen molar-refractivity contribution >= 4 is 11.9 Å². The van der Waals surface area contributed by atoms with Gasteiger partial charge in [-0.3, -0.25) is 9.59 Å². The molecule has 0 saturated heterocycles. The van der Waals surface area contributed by atoms with E-state index in [4.69, 9.17) is 9.47 Å². The minimum atomic E-state index is -1.17. The van der Waals surface area contributed by atoms with E-state index in [2.05, 4.69) is 47.6 Å². The molecule has 0 radical (unpaired) electrons. The van der Waals surface area contributed by atoms with Crippen LogP contribution in [0.25, 0.3) is 0 Å². The molecule has 3 fully saturated rings. The van der Waals surface area contributed by atoms with Gasteiger partial charge in [-0.2, -0.15) is 0 Å². The number of ether oxygens (including phenoxy) is 2. The van der Waals surface area contributed by atoms with E-state index in [9.17, 15) is 9.59 Å². The maximum absolute atomic E-state index is 12.5. The summed E-state index contributed by atoms with van der Waals surface area (Å²) in [5.41, 5.74) is 1.74. The molecule has 4 nitrogen and oxygen atoms in total. The normalized spacial score (nSPS) is 38.4. The van der Waals surface area contributed by atoms with Crippen molar-refractivity contribution in [2.45, 2.75) is 145 Å². The Labute approximate surface area is 233 Å². The number of hydrogen-bond donors (Lipinski definition) is 0. The van der Waals surface area contributed by atoms with Gasteiger partial charge in [0.05, 0.1) is 5.41 Å². The molecule has 4 aliphatic rings. The fourth-order valence-electron chi connectivity index (χ4n) is 10.5. The zero-order chi connectivity index (χ0) is 27.9. The molecule has 0 aromatic rings. The van der Waals surface area contributed by atoms with Gasteiger partial charge in [-0.1, -0.05) is 78.9 Å². The summed E-state index contributed by atoms with van der Waals surface area (Å²) >= 11 is 0. The molecule has 4 aliphatic carbocycles. The molecular formula is C34H56O4. The van der Waals surface area contributed by atoms with Crippen LogP contribution in [0.4, 0.5) is 0 Å². The average Bonchev–Trinajstić information content (AvgIpc) is 3.12. The summed E-state index contributed by atoms with van der Waals surface area (Å²) < 4.78 is 12.3. The van der Waals surface area contributed by atoms with Crippen LogP contribution in [-0.2, 0) is 19.1 Å². The molecular weight excluding hydrogens is 472 g/mol. The quantitative estimate of drug-likeness (QED) is 0.170. The van der Waals surface area contributed by atoms with Crippen molar-refractivity contribution in [3.63, 3.8) is 0 Å². The molecule has 0 unspecified atom stereocenters. The number of allylic oxidation sites excluding steroid dienone is 2. The topological polar surface area (TPSA) is 52.6 Å². The maximum Gasteiger partial charge on any atom is 0.305 e. The number of carbonyl (C=O) groups is 2. The highest BCUT2D eigenvalue weighted by molar-refractivity contribution is 5.69. The lowest BCUT2D eigenvalue weighted by Gasteiger charge is -2.65. The van der Waals surface area contributed by atoms with E-state index in [1.165, 1.54) is 65.2 Å². The van der Waals surface area contributed by atoms with Crippen LogP contribution in [0.5, 0.6) is 0 Å². The van der Waals surface area contributed by atoms with Crippen LogP contribution in [-0.4, -0.2) is 17.7 Å². The Morgan fingerprint density at radius 1 is 0.974 bits per heavy atom. The number of hydrogen-bond acceptors (Lipinski definition) is 4. The van der Waals surface area contributed by atoms with Crippen LogP contribution < -0.4 is 0 Å². The third-order valence-electron chi connectivity index (χ3n) is 12.2. The molecule has 0 heterocycles. The molecule has 0 N–H and O–H groups in total. The van der Waals surface area contributed by atoms with E-state index in [0.29, 0.717) is 17.8 Å². The van der Waals surface area contributed by atoms with Gasteiger partial charge in [0.15, 0.2) is 0 Å². The summed E-state index contributed by atoms with van der Waals surface area (Å²) in [6.45, 7) is 17.5. The first kappa shape index (κ1) is 29.7. The minimum absolute atomic E-state index is 0.200. The van der Waals surface area contributed by atoms with Crippen LogP contribution in [0.15, 0.2) is 11.6 Å². The van der Waals surface area contributed by atoms with Crippen molar-refractivity contribution in [2.75, 3.05) is 0 Å². The first-order chi connectivity index (χ1) is 17.9. The van der Waals surface area contributed by atoms with Gasteiger partial charge in [0.1, 0.15) is 0 Å². The van der Waals surface area contributed by atoms with Crippen LogP contribution >= 0.6 is 0 Å². The van der Waals surface area contributed by atoms with Crippen LogP contribution in [0, 0.1) is 45.8 Å². The highest BCUT2D eigenvalue weighted by Gasteiger charge is 2.70. The smallest absolute Gasteiger partial charge is 0.305 e. The Hall–Kier alpha value is -1.32. The zero-order valence-electron chi connectivity index (χ0n) is 25.8. The second kappa shape index (κ2) is 10.9. The largest absolute Gasteiger partial charge is 0.422 e. The summed E-state index contributed by atoms with van der Waals surface area (Å²) in [6, 6.07) is 0. The Bertz CT molecular complexity index is 903. The van der Waals surface area contributed by atoms with Gasteiger partial charge in [-0.15, -0.1) is 0 Å².